The standard InChI is InChI=1S/C29H29N3O3/c1-4-34-28-17-22(18-30-32-29(33)31-26-13-9-20(2)15-21(26)3)11-14-27(28)35-19-23-10-12-24-7-5-6-8-25(24)16-23/h5-18H,4,19H2,1-3H3,(H2,31,32,33). The van der Waals surface area contributed by atoms with E-state index in [1.807, 2.05) is 69.3 Å². The molecule has 6 nitrogen and oxygen atoms in total. The van der Waals surface area contributed by atoms with Crippen LogP contribution in [0.1, 0.15) is 29.2 Å². The molecule has 0 fully saturated rings. The largest absolute Gasteiger partial charge is 0.490 e. The van der Waals surface area contributed by atoms with Gasteiger partial charge in [-0.3, -0.25) is 0 Å². The lowest BCUT2D eigenvalue weighted by atomic mass is 10.1. The molecule has 0 aliphatic heterocycles. The van der Waals surface area contributed by atoms with E-state index in [4.69, 9.17) is 9.47 Å². The molecular weight excluding hydrogens is 438 g/mol. The second-order valence-electron chi connectivity index (χ2n) is 8.25. The van der Waals surface area contributed by atoms with Crippen LogP contribution < -0.4 is 20.2 Å². The van der Waals surface area contributed by atoms with E-state index in [0.717, 1.165) is 27.9 Å². The number of urea groups is 1. The van der Waals surface area contributed by atoms with Gasteiger partial charge < -0.3 is 14.8 Å². The van der Waals surface area contributed by atoms with Crippen molar-refractivity contribution >= 4 is 28.7 Å². The van der Waals surface area contributed by atoms with Gasteiger partial charge in [0.25, 0.3) is 0 Å². The van der Waals surface area contributed by atoms with Gasteiger partial charge in [-0.25, -0.2) is 10.2 Å². The molecule has 4 rings (SSSR count). The highest BCUT2D eigenvalue weighted by Gasteiger charge is 2.08. The molecule has 2 N–H and O–H groups in total. The zero-order chi connectivity index (χ0) is 24.6. The maximum atomic E-state index is 12.2. The van der Waals surface area contributed by atoms with E-state index in [0.29, 0.717) is 24.7 Å². The van der Waals surface area contributed by atoms with Gasteiger partial charge in [-0.1, -0.05) is 54.1 Å². The minimum atomic E-state index is -0.409. The van der Waals surface area contributed by atoms with Crippen LogP contribution in [0.15, 0.2) is 84.0 Å². The summed E-state index contributed by atoms with van der Waals surface area (Å²) in [5.41, 5.74) is 7.23. The van der Waals surface area contributed by atoms with Crippen molar-refractivity contribution in [2.45, 2.75) is 27.4 Å². The molecule has 0 heterocycles. The Morgan fingerprint density at radius 1 is 0.886 bits per heavy atom. The average molecular weight is 468 g/mol. The number of nitrogens with one attached hydrogen (secondary N) is 2. The van der Waals surface area contributed by atoms with Crippen LogP contribution in [0.2, 0.25) is 0 Å². The number of hydrogen-bond donors (Lipinski definition) is 2. The third-order valence-corrected chi connectivity index (χ3v) is 5.49. The molecule has 2 amide bonds. The first-order chi connectivity index (χ1) is 17.0. The molecule has 0 radical (unpaired) electrons. The van der Waals surface area contributed by atoms with Gasteiger partial charge in [0, 0.05) is 5.69 Å². The predicted molar refractivity (Wildman–Crippen MR) is 142 cm³/mol. The van der Waals surface area contributed by atoms with Crippen molar-refractivity contribution in [3.8, 4) is 11.5 Å². The summed E-state index contributed by atoms with van der Waals surface area (Å²) < 4.78 is 11.8. The second kappa shape index (κ2) is 11.2. The maximum Gasteiger partial charge on any atom is 0.339 e. The Morgan fingerprint density at radius 2 is 1.71 bits per heavy atom. The monoisotopic (exact) mass is 467 g/mol. The van der Waals surface area contributed by atoms with Gasteiger partial charge >= 0.3 is 6.03 Å². The molecule has 0 unspecified atom stereocenters. The van der Waals surface area contributed by atoms with E-state index in [2.05, 4.69) is 46.2 Å². The maximum absolute atomic E-state index is 12.2. The molecule has 0 aliphatic carbocycles. The van der Waals surface area contributed by atoms with E-state index in [9.17, 15) is 4.79 Å². The van der Waals surface area contributed by atoms with Crippen molar-refractivity contribution in [3.63, 3.8) is 0 Å². The fourth-order valence-corrected chi connectivity index (χ4v) is 3.75. The van der Waals surface area contributed by atoms with Crippen molar-refractivity contribution in [1.29, 1.82) is 0 Å². The predicted octanol–water partition coefficient (Wildman–Crippen LogP) is 6.59. The summed E-state index contributed by atoms with van der Waals surface area (Å²) >= 11 is 0. The Kier molecular flexibility index (Phi) is 7.63. The van der Waals surface area contributed by atoms with Gasteiger partial charge in [0.1, 0.15) is 6.61 Å². The molecule has 4 aromatic rings. The summed E-state index contributed by atoms with van der Waals surface area (Å²) in [4.78, 5) is 12.2. The lowest BCUT2D eigenvalue weighted by molar-refractivity contribution is 0.252. The SMILES string of the molecule is CCOc1cc(C=NNC(=O)Nc2ccc(C)cc2C)ccc1OCc1ccc2ccccc2c1. The molecule has 0 bridgehead atoms. The molecule has 0 spiro atoms. The fourth-order valence-electron chi connectivity index (χ4n) is 3.75. The van der Waals surface area contributed by atoms with Crippen molar-refractivity contribution in [2.75, 3.05) is 11.9 Å². The first kappa shape index (κ1) is 23.8. The van der Waals surface area contributed by atoms with Crippen molar-refractivity contribution in [1.82, 2.24) is 5.43 Å². The van der Waals surface area contributed by atoms with Gasteiger partial charge in [-0.15, -0.1) is 0 Å². The molecular formula is C29H29N3O3. The Bertz CT molecular complexity index is 1360. The number of aryl methyl sites for hydroxylation is 2. The number of carbonyl (C=O) groups excluding carboxylic acids is 1. The van der Waals surface area contributed by atoms with Crippen molar-refractivity contribution in [3.05, 3.63) is 101 Å². The molecule has 0 aliphatic rings. The Balaban J connectivity index is 1.38. The van der Waals surface area contributed by atoms with Crippen LogP contribution in [-0.4, -0.2) is 18.9 Å². The topological polar surface area (TPSA) is 72.0 Å². The second-order valence-corrected chi connectivity index (χ2v) is 8.25. The minimum Gasteiger partial charge on any atom is -0.490 e. The number of nitrogens with zero attached hydrogens (tertiary/aromatic N) is 1. The van der Waals surface area contributed by atoms with E-state index in [1.54, 1.807) is 6.21 Å². The summed E-state index contributed by atoms with van der Waals surface area (Å²) in [5, 5.41) is 9.23. The lowest BCUT2D eigenvalue weighted by Crippen LogP contribution is -2.24. The summed E-state index contributed by atoms with van der Waals surface area (Å²) in [6.07, 6.45) is 1.57. The third kappa shape index (κ3) is 6.38. The molecule has 0 atom stereocenters. The van der Waals surface area contributed by atoms with Crippen LogP contribution in [0.3, 0.4) is 0 Å². The van der Waals surface area contributed by atoms with Crippen LogP contribution in [0, 0.1) is 13.8 Å². The van der Waals surface area contributed by atoms with Crippen LogP contribution >= 0.6 is 0 Å². The molecule has 4 aromatic carbocycles. The highest BCUT2D eigenvalue weighted by molar-refractivity contribution is 5.91. The summed E-state index contributed by atoms with van der Waals surface area (Å²) in [5.74, 6) is 1.27. The highest BCUT2D eigenvalue weighted by Crippen LogP contribution is 2.29. The van der Waals surface area contributed by atoms with E-state index in [-0.39, 0.29) is 0 Å². The molecule has 0 saturated carbocycles. The normalized spacial score (nSPS) is 10.9. The highest BCUT2D eigenvalue weighted by atomic mass is 16.5. The number of amides is 2. The number of anilines is 1. The smallest absolute Gasteiger partial charge is 0.339 e. The van der Waals surface area contributed by atoms with Crippen LogP contribution in [0.5, 0.6) is 11.5 Å². The summed E-state index contributed by atoms with van der Waals surface area (Å²) in [7, 11) is 0. The van der Waals surface area contributed by atoms with Crippen LogP contribution in [-0.2, 0) is 6.61 Å². The Morgan fingerprint density at radius 3 is 2.51 bits per heavy atom. The van der Waals surface area contributed by atoms with Crippen molar-refractivity contribution < 1.29 is 14.3 Å². The fraction of sp³-hybridized carbons (Fsp3) is 0.172. The number of benzene rings is 4. The number of ether oxygens (including phenoxy) is 2. The van der Waals surface area contributed by atoms with Crippen molar-refractivity contribution in [2.24, 2.45) is 5.10 Å². The quantitative estimate of drug-likeness (QED) is 0.227. The third-order valence-electron chi connectivity index (χ3n) is 5.49. The number of carbonyl (C=O) groups is 1. The molecule has 0 aromatic heterocycles. The molecule has 35 heavy (non-hydrogen) atoms. The van der Waals surface area contributed by atoms with E-state index in [1.165, 1.54) is 10.8 Å². The number of fused-ring (bicyclic) bond motifs is 1. The Hall–Kier alpha value is -4.32. The zero-order valence-corrected chi connectivity index (χ0v) is 20.2. The van der Waals surface area contributed by atoms with Gasteiger partial charge in [0.15, 0.2) is 11.5 Å². The summed E-state index contributed by atoms with van der Waals surface area (Å²) in [6, 6.07) is 25.5. The minimum absolute atomic E-state index is 0.409. The Labute approximate surface area is 205 Å². The molecule has 178 valence electrons. The van der Waals surface area contributed by atoms with Gasteiger partial charge in [-0.05, 0) is 78.6 Å². The number of hydrazone groups is 1. The first-order valence-electron chi connectivity index (χ1n) is 11.6. The van der Waals surface area contributed by atoms with Gasteiger partial charge in [0.05, 0.1) is 12.8 Å². The summed E-state index contributed by atoms with van der Waals surface area (Å²) in [6.45, 7) is 6.82. The lowest BCUT2D eigenvalue weighted by Gasteiger charge is -2.13. The zero-order valence-electron chi connectivity index (χ0n) is 20.2. The van der Waals surface area contributed by atoms with E-state index < -0.39 is 6.03 Å². The van der Waals surface area contributed by atoms with E-state index >= 15 is 0 Å². The molecule has 0 saturated heterocycles. The molecule has 6 heteroatoms. The first-order valence-corrected chi connectivity index (χ1v) is 11.6. The van der Waals surface area contributed by atoms with Gasteiger partial charge in [0.2, 0.25) is 0 Å². The number of hydrogen-bond acceptors (Lipinski definition) is 4. The van der Waals surface area contributed by atoms with Gasteiger partial charge in [-0.2, -0.15) is 5.10 Å². The average Bonchev–Trinajstić information content (AvgIpc) is 2.85. The van der Waals surface area contributed by atoms with Crippen LogP contribution in [0.4, 0.5) is 10.5 Å². The number of rotatable bonds is 8. The van der Waals surface area contributed by atoms with Crippen LogP contribution in [0.25, 0.3) is 10.8 Å².